The minimum absolute atomic E-state index is 0.138. The molecule has 1 aromatic heterocycles. The van der Waals surface area contributed by atoms with Gasteiger partial charge in [-0.05, 0) is 6.07 Å². The lowest BCUT2D eigenvalue weighted by molar-refractivity contribution is -0.384. The number of hydrogen-bond donors (Lipinski definition) is 2. The molecule has 0 atom stereocenters. The molecule has 1 heterocycles. The standard InChI is InChI=1S/C10H9N5O3/c11-10(13-16)8-5-7(15(17)18)1-2-9(8)14-4-3-12-6-14/h1-6,16H,(H2,11,13). The average Bonchev–Trinajstić information content (AvgIpc) is 2.90. The fourth-order valence-electron chi connectivity index (χ4n) is 1.52. The summed E-state index contributed by atoms with van der Waals surface area (Å²) in [7, 11) is 0. The number of nitrogens with two attached hydrogens (primary N) is 1. The smallest absolute Gasteiger partial charge is 0.270 e. The number of hydrogen-bond acceptors (Lipinski definition) is 5. The van der Waals surface area contributed by atoms with Crippen LogP contribution in [0.4, 0.5) is 5.69 Å². The van der Waals surface area contributed by atoms with Gasteiger partial charge in [0, 0.05) is 24.5 Å². The van der Waals surface area contributed by atoms with E-state index in [-0.39, 0.29) is 17.1 Å². The van der Waals surface area contributed by atoms with Crippen molar-refractivity contribution in [3.63, 3.8) is 0 Å². The molecule has 3 N–H and O–H groups in total. The van der Waals surface area contributed by atoms with Crippen LogP contribution in [0.5, 0.6) is 0 Å². The van der Waals surface area contributed by atoms with Crippen LogP contribution in [0.2, 0.25) is 0 Å². The average molecular weight is 247 g/mol. The van der Waals surface area contributed by atoms with Gasteiger partial charge in [0.1, 0.15) is 0 Å². The van der Waals surface area contributed by atoms with Crippen LogP contribution < -0.4 is 5.73 Å². The van der Waals surface area contributed by atoms with Gasteiger partial charge in [-0.1, -0.05) is 5.16 Å². The molecule has 0 aliphatic heterocycles. The van der Waals surface area contributed by atoms with Gasteiger partial charge in [0.2, 0.25) is 0 Å². The highest BCUT2D eigenvalue weighted by Gasteiger charge is 2.14. The van der Waals surface area contributed by atoms with Crippen molar-refractivity contribution in [3.8, 4) is 5.69 Å². The number of oxime groups is 1. The van der Waals surface area contributed by atoms with E-state index in [1.165, 1.54) is 24.5 Å². The Labute approximate surface area is 101 Å². The summed E-state index contributed by atoms with van der Waals surface area (Å²) in [5, 5.41) is 22.3. The number of nitro groups is 1. The molecule has 2 rings (SSSR count). The minimum Gasteiger partial charge on any atom is -0.409 e. The molecule has 92 valence electrons. The largest absolute Gasteiger partial charge is 0.409 e. The summed E-state index contributed by atoms with van der Waals surface area (Å²) in [4.78, 5) is 14.0. The minimum atomic E-state index is -0.550. The van der Waals surface area contributed by atoms with Gasteiger partial charge < -0.3 is 15.5 Å². The predicted molar refractivity (Wildman–Crippen MR) is 62.7 cm³/mol. The van der Waals surface area contributed by atoms with Gasteiger partial charge in [-0.25, -0.2) is 4.98 Å². The number of nitro benzene ring substituents is 1. The predicted octanol–water partition coefficient (Wildman–Crippen LogP) is 0.875. The van der Waals surface area contributed by atoms with Crippen molar-refractivity contribution in [1.82, 2.24) is 9.55 Å². The van der Waals surface area contributed by atoms with Gasteiger partial charge in [0.05, 0.1) is 22.5 Å². The first kappa shape index (κ1) is 11.6. The van der Waals surface area contributed by atoms with Crippen molar-refractivity contribution in [1.29, 1.82) is 0 Å². The van der Waals surface area contributed by atoms with E-state index in [4.69, 9.17) is 10.9 Å². The summed E-state index contributed by atoms with van der Waals surface area (Å²) in [6, 6.07) is 4.08. The molecule has 0 radical (unpaired) electrons. The van der Waals surface area contributed by atoms with Crippen LogP contribution in [0.1, 0.15) is 5.56 Å². The molecule has 1 aromatic carbocycles. The van der Waals surface area contributed by atoms with E-state index < -0.39 is 4.92 Å². The maximum atomic E-state index is 10.7. The second-order valence-corrected chi connectivity index (χ2v) is 3.41. The zero-order valence-electron chi connectivity index (χ0n) is 9.09. The van der Waals surface area contributed by atoms with Crippen LogP contribution in [0.15, 0.2) is 42.1 Å². The van der Waals surface area contributed by atoms with Crippen molar-refractivity contribution in [2.45, 2.75) is 0 Å². The summed E-state index contributed by atoms with van der Waals surface area (Å²) >= 11 is 0. The maximum Gasteiger partial charge on any atom is 0.270 e. The number of aromatic nitrogens is 2. The number of nitrogens with zero attached hydrogens (tertiary/aromatic N) is 4. The van der Waals surface area contributed by atoms with Crippen molar-refractivity contribution in [3.05, 3.63) is 52.6 Å². The lowest BCUT2D eigenvalue weighted by Crippen LogP contribution is -2.16. The van der Waals surface area contributed by atoms with E-state index in [1.807, 2.05) is 0 Å². The van der Waals surface area contributed by atoms with E-state index in [2.05, 4.69) is 10.1 Å². The van der Waals surface area contributed by atoms with Crippen molar-refractivity contribution >= 4 is 11.5 Å². The fraction of sp³-hybridized carbons (Fsp3) is 0. The molecule has 0 amide bonds. The molecule has 0 aliphatic carbocycles. The number of rotatable bonds is 3. The molecule has 0 bridgehead atoms. The van der Waals surface area contributed by atoms with Gasteiger partial charge in [0.25, 0.3) is 5.69 Å². The van der Waals surface area contributed by atoms with E-state index in [9.17, 15) is 10.1 Å². The highest BCUT2D eigenvalue weighted by molar-refractivity contribution is 6.01. The van der Waals surface area contributed by atoms with Crippen molar-refractivity contribution in [2.75, 3.05) is 0 Å². The molecular formula is C10H9N5O3. The highest BCUT2D eigenvalue weighted by Crippen LogP contribution is 2.20. The van der Waals surface area contributed by atoms with Gasteiger partial charge in [-0.2, -0.15) is 0 Å². The van der Waals surface area contributed by atoms with E-state index in [1.54, 1.807) is 17.0 Å². The molecule has 18 heavy (non-hydrogen) atoms. The molecule has 0 spiro atoms. The van der Waals surface area contributed by atoms with Crippen LogP contribution in [0, 0.1) is 10.1 Å². The molecule has 8 heteroatoms. The lowest BCUT2D eigenvalue weighted by Gasteiger charge is -2.08. The number of imidazole rings is 1. The summed E-state index contributed by atoms with van der Waals surface area (Å²) in [5.74, 6) is -0.206. The summed E-state index contributed by atoms with van der Waals surface area (Å²) in [6.45, 7) is 0. The topological polar surface area (TPSA) is 120 Å². The third-order valence-corrected chi connectivity index (χ3v) is 2.36. The Balaban J connectivity index is 2.63. The van der Waals surface area contributed by atoms with Crippen LogP contribution in [-0.2, 0) is 0 Å². The van der Waals surface area contributed by atoms with Crippen LogP contribution in [-0.4, -0.2) is 25.5 Å². The maximum absolute atomic E-state index is 10.7. The van der Waals surface area contributed by atoms with Crippen LogP contribution in [0.25, 0.3) is 5.69 Å². The second-order valence-electron chi connectivity index (χ2n) is 3.41. The Morgan fingerprint density at radius 3 is 2.89 bits per heavy atom. The first-order chi connectivity index (χ1) is 8.63. The number of amidine groups is 1. The molecule has 0 saturated carbocycles. The molecule has 0 unspecified atom stereocenters. The molecule has 0 aliphatic rings. The van der Waals surface area contributed by atoms with E-state index in [0.29, 0.717) is 5.69 Å². The van der Waals surface area contributed by atoms with Crippen molar-refractivity contribution in [2.24, 2.45) is 10.9 Å². The molecule has 8 nitrogen and oxygen atoms in total. The summed E-state index contributed by atoms with van der Waals surface area (Å²) in [5.41, 5.74) is 6.17. The first-order valence-corrected chi connectivity index (χ1v) is 4.88. The molecule has 2 aromatic rings. The fourth-order valence-corrected chi connectivity index (χ4v) is 1.52. The SMILES string of the molecule is N/C(=N/O)c1cc([N+](=O)[O-])ccc1-n1ccnc1. The van der Waals surface area contributed by atoms with E-state index >= 15 is 0 Å². The Bertz CT molecular complexity index is 606. The normalized spacial score (nSPS) is 11.4. The third-order valence-electron chi connectivity index (χ3n) is 2.36. The monoisotopic (exact) mass is 247 g/mol. The Morgan fingerprint density at radius 1 is 1.56 bits per heavy atom. The highest BCUT2D eigenvalue weighted by atomic mass is 16.6. The zero-order valence-corrected chi connectivity index (χ0v) is 9.09. The third kappa shape index (κ3) is 1.98. The van der Waals surface area contributed by atoms with Crippen LogP contribution in [0.3, 0.4) is 0 Å². The second kappa shape index (κ2) is 4.53. The lowest BCUT2D eigenvalue weighted by atomic mass is 10.1. The zero-order chi connectivity index (χ0) is 13.1. The van der Waals surface area contributed by atoms with Gasteiger partial charge in [-0.15, -0.1) is 0 Å². The summed E-state index contributed by atoms with van der Waals surface area (Å²) < 4.78 is 1.61. The van der Waals surface area contributed by atoms with Gasteiger partial charge in [0.15, 0.2) is 5.84 Å². The Morgan fingerprint density at radius 2 is 2.33 bits per heavy atom. The Hall–Kier alpha value is -2.90. The molecular weight excluding hydrogens is 238 g/mol. The Kier molecular flexibility index (Phi) is 2.92. The quantitative estimate of drug-likeness (QED) is 0.274. The van der Waals surface area contributed by atoms with Gasteiger partial charge >= 0.3 is 0 Å². The van der Waals surface area contributed by atoms with E-state index in [0.717, 1.165) is 0 Å². The van der Waals surface area contributed by atoms with Gasteiger partial charge in [-0.3, -0.25) is 10.1 Å². The summed E-state index contributed by atoms with van der Waals surface area (Å²) in [6.07, 6.45) is 4.71. The number of non-ortho nitro benzene ring substituents is 1. The first-order valence-electron chi connectivity index (χ1n) is 4.88. The number of benzene rings is 1. The molecule has 0 saturated heterocycles. The van der Waals surface area contributed by atoms with Crippen molar-refractivity contribution < 1.29 is 10.1 Å². The van der Waals surface area contributed by atoms with Crippen LogP contribution >= 0.6 is 0 Å². The molecule has 0 fully saturated rings.